The molecule has 1 N–H and O–H groups in total. The fourth-order valence-corrected chi connectivity index (χ4v) is 4.84. The van der Waals surface area contributed by atoms with Crippen LogP contribution >= 0.6 is 11.3 Å². The molecule has 0 radical (unpaired) electrons. The van der Waals surface area contributed by atoms with E-state index in [0.29, 0.717) is 0 Å². The zero-order valence-corrected chi connectivity index (χ0v) is 14.1. The molecule has 1 aliphatic carbocycles. The number of thiophene rings is 1. The molecule has 2 nitrogen and oxygen atoms in total. The normalized spacial score (nSPS) is 15.0. The SMILES string of the molecule is CNC(c1cc(C)c(OC)c(C)c1)c1cc2c(s1)CCC2. The topological polar surface area (TPSA) is 21.3 Å². The van der Waals surface area contributed by atoms with Crippen molar-refractivity contribution in [2.24, 2.45) is 0 Å². The molecule has 21 heavy (non-hydrogen) atoms. The van der Waals surface area contributed by atoms with Gasteiger partial charge in [-0.2, -0.15) is 0 Å². The smallest absolute Gasteiger partial charge is 0.124 e. The largest absolute Gasteiger partial charge is 0.496 e. The zero-order valence-electron chi connectivity index (χ0n) is 13.2. The molecule has 1 aromatic heterocycles. The third-order valence-electron chi connectivity index (χ3n) is 4.36. The third kappa shape index (κ3) is 2.60. The molecule has 3 heteroatoms. The second kappa shape index (κ2) is 5.82. The Morgan fingerprint density at radius 3 is 2.43 bits per heavy atom. The lowest BCUT2D eigenvalue weighted by Crippen LogP contribution is -2.17. The first-order chi connectivity index (χ1) is 10.1. The molecule has 0 aliphatic heterocycles. The van der Waals surface area contributed by atoms with Crippen LogP contribution in [0, 0.1) is 13.8 Å². The highest BCUT2D eigenvalue weighted by Crippen LogP contribution is 2.37. The minimum Gasteiger partial charge on any atom is -0.496 e. The molecule has 0 saturated heterocycles. The summed E-state index contributed by atoms with van der Waals surface area (Å²) < 4.78 is 5.48. The molecule has 0 amide bonds. The molecule has 0 fully saturated rings. The van der Waals surface area contributed by atoms with Gasteiger partial charge in [0.15, 0.2) is 0 Å². The summed E-state index contributed by atoms with van der Waals surface area (Å²) in [6.45, 7) is 4.24. The number of fused-ring (bicyclic) bond motifs is 1. The number of benzene rings is 1. The predicted octanol–water partition coefficient (Wildman–Crippen LogP) is 4.17. The zero-order chi connectivity index (χ0) is 15.0. The molecule has 112 valence electrons. The Balaban J connectivity index is 1.99. The minimum absolute atomic E-state index is 0.281. The molecule has 0 saturated carbocycles. The van der Waals surface area contributed by atoms with Crippen molar-refractivity contribution in [2.45, 2.75) is 39.2 Å². The number of hydrogen-bond acceptors (Lipinski definition) is 3. The number of nitrogens with one attached hydrogen (secondary N) is 1. The van der Waals surface area contributed by atoms with Crippen LogP contribution in [0.3, 0.4) is 0 Å². The first-order valence-corrected chi connectivity index (χ1v) is 8.39. The molecule has 2 aromatic rings. The Morgan fingerprint density at radius 1 is 1.14 bits per heavy atom. The van der Waals surface area contributed by atoms with E-state index >= 15 is 0 Å². The standard InChI is InChI=1S/C18H23NOS/c1-11-8-14(9-12(2)18(11)20-4)17(19-3)16-10-13-6-5-7-15(13)21-16/h8-10,17,19H,5-7H2,1-4H3. The average molecular weight is 301 g/mol. The van der Waals surface area contributed by atoms with E-state index in [1.54, 1.807) is 17.6 Å². The Hall–Kier alpha value is -1.32. The van der Waals surface area contributed by atoms with Crippen LogP contribution in [0.4, 0.5) is 0 Å². The Kier molecular flexibility index (Phi) is 4.05. The van der Waals surface area contributed by atoms with E-state index in [0.717, 1.165) is 5.75 Å². The van der Waals surface area contributed by atoms with Gasteiger partial charge in [0.25, 0.3) is 0 Å². The lowest BCUT2D eigenvalue weighted by atomic mass is 9.99. The van der Waals surface area contributed by atoms with Crippen molar-refractivity contribution < 1.29 is 4.74 Å². The predicted molar refractivity (Wildman–Crippen MR) is 89.7 cm³/mol. The molecule has 0 spiro atoms. The lowest BCUT2D eigenvalue weighted by Gasteiger charge is -2.18. The number of methoxy groups -OCH3 is 1. The summed E-state index contributed by atoms with van der Waals surface area (Å²) in [6, 6.07) is 7.18. The van der Waals surface area contributed by atoms with Crippen molar-refractivity contribution >= 4 is 11.3 Å². The monoisotopic (exact) mass is 301 g/mol. The van der Waals surface area contributed by atoms with Gasteiger partial charge in [0.05, 0.1) is 13.2 Å². The van der Waals surface area contributed by atoms with E-state index in [1.165, 1.54) is 40.8 Å². The van der Waals surface area contributed by atoms with Crippen molar-refractivity contribution in [3.8, 4) is 5.75 Å². The van der Waals surface area contributed by atoms with Crippen LogP contribution < -0.4 is 10.1 Å². The summed E-state index contributed by atoms with van der Waals surface area (Å²) in [5.74, 6) is 1.00. The van der Waals surface area contributed by atoms with Gasteiger partial charge in [-0.05, 0) is 68.5 Å². The van der Waals surface area contributed by atoms with Crippen LogP contribution in [0.5, 0.6) is 5.75 Å². The molecule has 1 atom stereocenters. The van der Waals surface area contributed by atoms with Gasteiger partial charge in [-0.15, -0.1) is 11.3 Å². The molecule has 0 bridgehead atoms. The summed E-state index contributed by atoms with van der Waals surface area (Å²) in [4.78, 5) is 3.03. The summed E-state index contributed by atoms with van der Waals surface area (Å²) in [7, 11) is 3.79. The highest BCUT2D eigenvalue weighted by atomic mass is 32.1. The van der Waals surface area contributed by atoms with E-state index in [1.807, 2.05) is 18.4 Å². The summed E-state index contributed by atoms with van der Waals surface area (Å²) in [6.07, 6.45) is 3.84. The molecule has 1 aliphatic rings. The Morgan fingerprint density at radius 2 is 1.86 bits per heavy atom. The quantitative estimate of drug-likeness (QED) is 0.915. The van der Waals surface area contributed by atoms with E-state index in [4.69, 9.17) is 4.74 Å². The van der Waals surface area contributed by atoms with Crippen LogP contribution in [0.25, 0.3) is 0 Å². The van der Waals surface area contributed by atoms with Crippen LogP contribution in [0.2, 0.25) is 0 Å². The first-order valence-electron chi connectivity index (χ1n) is 7.58. The van der Waals surface area contributed by atoms with Crippen LogP contribution in [-0.2, 0) is 12.8 Å². The van der Waals surface area contributed by atoms with Gasteiger partial charge in [0.2, 0.25) is 0 Å². The molecular formula is C18H23NOS. The van der Waals surface area contributed by atoms with Crippen LogP contribution in [0.1, 0.15) is 44.5 Å². The van der Waals surface area contributed by atoms with Gasteiger partial charge in [0, 0.05) is 9.75 Å². The van der Waals surface area contributed by atoms with Gasteiger partial charge < -0.3 is 10.1 Å². The maximum atomic E-state index is 5.48. The number of ether oxygens (including phenoxy) is 1. The van der Waals surface area contributed by atoms with Gasteiger partial charge in [-0.3, -0.25) is 0 Å². The second-order valence-electron chi connectivity index (χ2n) is 5.86. The van der Waals surface area contributed by atoms with E-state index in [2.05, 4.69) is 37.4 Å². The Labute approximate surface area is 131 Å². The third-order valence-corrected chi connectivity index (χ3v) is 5.66. The number of aryl methyl sites for hydroxylation is 4. The van der Waals surface area contributed by atoms with Crippen molar-refractivity contribution in [2.75, 3.05) is 14.2 Å². The van der Waals surface area contributed by atoms with E-state index in [-0.39, 0.29) is 6.04 Å². The van der Waals surface area contributed by atoms with Gasteiger partial charge in [-0.1, -0.05) is 12.1 Å². The maximum Gasteiger partial charge on any atom is 0.124 e. The number of rotatable bonds is 4. The second-order valence-corrected chi connectivity index (χ2v) is 7.03. The van der Waals surface area contributed by atoms with Crippen molar-refractivity contribution in [1.82, 2.24) is 5.32 Å². The van der Waals surface area contributed by atoms with Crippen molar-refractivity contribution in [1.29, 1.82) is 0 Å². The van der Waals surface area contributed by atoms with Crippen LogP contribution in [0.15, 0.2) is 18.2 Å². The van der Waals surface area contributed by atoms with E-state index < -0.39 is 0 Å². The van der Waals surface area contributed by atoms with Crippen molar-refractivity contribution in [3.63, 3.8) is 0 Å². The summed E-state index contributed by atoms with van der Waals surface area (Å²) >= 11 is 1.98. The highest BCUT2D eigenvalue weighted by molar-refractivity contribution is 7.12. The fourth-order valence-electron chi connectivity index (χ4n) is 3.44. The van der Waals surface area contributed by atoms with Gasteiger partial charge >= 0.3 is 0 Å². The average Bonchev–Trinajstić information content (AvgIpc) is 3.00. The minimum atomic E-state index is 0.281. The summed E-state index contributed by atoms with van der Waals surface area (Å²) in [5.41, 5.74) is 5.30. The molecule has 3 rings (SSSR count). The van der Waals surface area contributed by atoms with Crippen LogP contribution in [-0.4, -0.2) is 14.2 Å². The number of hydrogen-bond donors (Lipinski definition) is 1. The first kappa shape index (κ1) is 14.6. The molecule has 1 aromatic carbocycles. The van der Waals surface area contributed by atoms with Crippen molar-refractivity contribution in [3.05, 3.63) is 50.2 Å². The fraction of sp³-hybridized carbons (Fsp3) is 0.444. The molecule has 1 heterocycles. The van der Waals surface area contributed by atoms with Gasteiger partial charge in [0.1, 0.15) is 5.75 Å². The lowest BCUT2D eigenvalue weighted by molar-refractivity contribution is 0.408. The Bertz CT molecular complexity index is 615. The summed E-state index contributed by atoms with van der Waals surface area (Å²) in [5, 5.41) is 3.48. The molecule has 1 unspecified atom stereocenters. The van der Waals surface area contributed by atoms with E-state index in [9.17, 15) is 0 Å². The maximum absolute atomic E-state index is 5.48. The molecular weight excluding hydrogens is 278 g/mol. The highest BCUT2D eigenvalue weighted by Gasteiger charge is 2.21. The van der Waals surface area contributed by atoms with Gasteiger partial charge in [-0.25, -0.2) is 0 Å².